The molecule has 0 radical (unpaired) electrons. The first-order valence-corrected chi connectivity index (χ1v) is 8.86. The minimum atomic E-state index is -0.532. The van der Waals surface area contributed by atoms with E-state index in [1.165, 1.54) is 4.58 Å². The zero-order valence-electron chi connectivity index (χ0n) is 16.3. The van der Waals surface area contributed by atoms with Gasteiger partial charge in [0.1, 0.15) is 6.54 Å². The molecular weight excluding hydrogens is 352 g/mol. The topological polar surface area (TPSA) is 138 Å². The van der Waals surface area contributed by atoms with Crippen LogP contribution in [-0.4, -0.2) is 74.0 Å². The Morgan fingerprint density at radius 3 is 2.22 bits per heavy atom. The Labute approximate surface area is 158 Å². The lowest BCUT2D eigenvalue weighted by atomic mass is 10.4. The third-order valence-corrected chi connectivity index (χ3v) is 3.44. The van der Waals surface area contributed by atoms with Crippen LogP contribution in [-0.2, 0) is 14.3 Å². The van der Waals surface area contributed by atoms with Crippen LogP contribution in [0.1, 0.15) is 34.6 Å². The number of aromatic nitrogens is 3. The number of anilines is 2. The van der Waals surface area contributed by atoms with Crippen molar-refractivity contribution in [2.75, 3.05) is 30.3 Å². The number of nitrogens with zero attached hydrogens (tertiary/aromatic N) is 5. The van der Waals surface area contributed by atoms with Crippen molar-refractivity contribution in [2.45, 2.75) is 46.7 Å². The third-order valence-electron chi connectivity index (χ3n) is 3.44. The first-order chi connectivity index (χ1) is 12.7. The van der Waals surface area contributed by atoms with E-state index in [9.17, 15) is 9.59 Å². The molecule has 11 heteroatoms. The second-order valence-electron chi connectivity index (χ2n) is 6.61. The van der Waals surface area contributed by atoms with E-state index in [1.807, 2.05) is 27.7 Å². The molecule has 0 aliphatic carbocycles. The van der Waals surface area contributed by atoms with Crippen molar-refractivity contribution < 1.29 is 18.9 Å². The smallest absolute Gasteiger partial charge is 0.363 e. The van der Waals surface area contributed by atoms with Gasteiger partial charge >= 0.3 is 11.9 Å². The maximum Gasteiger partial charge on any atom is 0.363 e. The molecule has 2 heterocycles. The average molecular weight is 379 g/mol. The van der Waals surface area contributed by atoms with Crippen molar-refractivity contribution in [3.8, 4) is 0 Å². The fourth-order valence-electron chi connectivity index (χ4n) is 2.38. The lowest BCUT2D eigenvalue weighted by Crippen LogP contribution is -2.42. The molecule has 1 aromatic rings. The lowest BCUT2D eigenvalue weighted by molar-refractivity contribution is -0.432. The van der Waals surface area contributed by atoms with Gasteiger partial charge in [-0.3, -0.25) is 4.79 Å². The van der Waals surface area contributed by atoms with Gasteiger partial charge in [0.25, 0.3) is 23.8 Å². The normalized spacial score (nSPS) is 14.3. The van der Waals surface area contributed by atoms with Gasteiger partial charge in [-0.2, -0.15) is 4.98 Å². The summed E-state index contributed by atoms with van der Waals surface area (Å²) in [5.41, 5.74) is 6.09. The fraction of sp³-hybridized carbons (Fsp3) is 0.625. The molecule has 0 fully saturated rings. The van der Waals surface area contributed by atoms with Gasteiger partial charge in [-0.05, 0) is 34.6 Å². The minimum Gasteiger partial charge on any atom is -0.464 e. The van der Waals surface area contributed by atoms with E-state index in [4.69, 9.17) is 10.5 Å². The Morgan fingerprint density at radius 2 is 1.74 bits per heavy atom. The van der Waals surface area contributed by atoms with E-state index < -0.39 is 5.97 Å². The summed E-state index contributed by atoms with van der Waals surface area (Å²) < 4.78 is 6.33. The molecule has 0 aromatic carbocycles. The molecule has 0 bridgehead atoms. The lowest BCUT2D eigenvalue weighted by Gasteiger charge is -2.11. The number of ether oxygens (including phenoxy) is 1. The van der Waals surface area contributed by atoms with E-state index in [0.717, 1.165) is 4.90 Å². The van der Waals surface area contributed by atoms with Gasteiger partial charge < -0.3 is 21.1 Å². The SMILES string of the molecule is CCOC(=O)CN1C(=O)C[N+](c2nc(NC(C)C)nc(NC(C)C)n2)=C1N. The van der Waals surface area contributed by atoms with Gasteiger partial charge in [0.15, 0.2) is 6.54 Å². The first kappa shape index (κ1) is 20.3. The van der Waals surface area contributed by atoms with Gasteiger partial charge in [0.2, 0.25) is 0 Å². The van der Waals surface area contributed by atoms with Gasteiger partial charge in [-0.15, -0.1) is 0 Å². The highest BCUT2D eigenvalue weighted by Crippen LogP contribution is 2.16. The number of nitrogens with two attached hydrogens (primary N) is 1. The summed E-state index contributed by atoms with van der Waals surface area (Å²) in [6, 6.07) is 0.211. The highest BCUT2D eigenvalue weighted by atomic mass is 16.5. The van der Waals surface area contributed by atoms with Gasteiger partial charge in [0.05, 0.1) is 6.61 Å². The van der Waals surface area contributed by atoms with Gasteiger partial charge in [0, 0.05) is 12.1 Å². The number of carbonyl (C=O) groups excluding carboxylic acids is 2. The Kier molecular flexibility index (Phi) is 6.48. The zero-order valence-corrected chi connectivity index (χ0v) is 16.3. The Balaban J connectivity index is 2.38. The van der Waals surface area contributed by atoms with Crippen molar-refractivity contribution >= 4 is 35.7 Å². The largest absolute Gasteiger partial charge is 0.464 e. The number of hydrogen-bond acceptors (Lipinski definition) is 9. The predicted molar refractivity (Wildman–Crippen MR) is 99.7 cm³/mol. The summed E-state index contributed by atoms with van der Waals surface area (Å²) in [4.78, 5) is 38.2. The summed E-state index contributed by atoms with van der Waals surface area (Å²) in [5.74, 6) is 0.150. The predicted octanol–water partition coefficient (Wildman–Crippen LogP) is -0.124. The molecule has 1 aromatic heterocycles. The van der Waals surface area contributed by atoms with Crippen LogP contribution in [0.3, 0.4) is 0 Å². The van der Waals surface area contributed by atoms with E-state index in [2.05, 4.69) is 25.6 Å². The summed E-state index contributed by atoms with van der Waals surface area (Å²) in [6.07, 6.45) is 0. The molecule has 11 nitrogen and oxygen atoms in total. The summed E-state index contributed by atoms with van der Waals surface area (Å²) in [6.45, 7) is 9.43. The van der Waals surface area contributed by atoms with Crippen LogP contribution in [0.25, 0.3) is 0 Å². The molecule has 2 rings (SSSR count). The zero-order chi connectivity index (χ0) is 20.1. The molecule has 0 atom stereocenters. The van der Waals surface area contributed by atoms with Crippen LogP contribution in [0.2, 0.25) is 0 Å². The standard InChI is InChI=1S/C16H26N8O3/c1-6-27-12(26)8-23-11(25)7-24(13(23)17)16-21-14(18-9(2)3)20-15(22-16)19-10(4)5/h9-10,17H,6-8H2,1-5H3,(H2,18,19,20,21,22)/p+1. The monoisotopic (exact) mass is 379 g/mol. The number of rotatable bonds is 8. The van der Waals surface area contributed by atoms with E-state index >= 15 is 0 Å². The Morgan fingerprint density at radius 1 is 1.19 bits per heavy atom. The quantitative estimate of drug-likeness (QED) is 0.416. The second kappa shape index (κ2) is 8.60. The number of amides is 1. The molecule has 148 valence electrons. The number of esters is 1. The van der Waals surface area contributed by atoms with Gasteiger partial charge in [-0.25, -0.2) is 14.3 Å². The molecule has 4 N–H and O–H groups in total. The van der Waals surface area contributed by atoms with E-state index in [0.29, 0.717) is 11.9 Å². The van der Waals surface area contributed by atoms with Crippen LogP contribution >= 0.6 is 0 Å². The highest BCUT2D eigenvalue weighted by molar-refractivity contribution is 6.00. The second-order valence-corrected chi connectivity index (χ2v) is 6.61. The highest BCUT2D eigenvalue weighted by Gasteiger charge is 2.37. The molecule has 27 heavy (non-hydrogen) atoms. The molecule has 0 saturated carbocycles. The van der Waals surface area contributed by atoms with Crippen LogP contribution < -0.4 is 16.4 Å². The molecule has 0 unspecified atom stereocenters. The van der Waals surface area contributed by atoms with Crippen molar-refractivity contribution in [3.63, 3.8) is 0 Å². The van der Waals surface area contributed by atoms with Crippen LogP contribution in [0.5, 0.6) is 0 Å². The molecular formula is C16H27N8O3+. The Bertz CT molecular complexity index is 719. The van der Waals surface area contributed by atoms with Crippen LogP contribution in [0, 0.1) is 0 Å². The maximum atomic E-state index is 12.3. The van der Waals surface area contributed by atoms with Crippen LogP contribution in [0.15, 0.2) is 0 Å². The average Bonchev–Trinajstić information content (AvgIpc) is 2.81. The molecule has 0 spiro atoms. The first-order valence-electron chi connectivity index (χ1n) is 8.86. The number of nitrogens with one attached hydrogen (secondary N) is 2. The third kappa shape index (κ3) is 5.25. The van der Waals surface area contributed by atoms with Crippen molar-refractivity contribution in [1.82, 2.24) is 19.9 Å². The summed E-state index contributed by atoms with van der Waals surface area (Å²) >= 11 is 0. The van der Waals surface area contributed by atoms with Crippen molar-refractivity contribution in [3.05, 3.63) is 0 Å². The Hall–Kier alpha value is -2.98. The molecule has 1 amide bonds. The summed E-state index contributed by atoms with van der Waals surface area (Å²) in [7, 11) is 0. The van der Waals surface area contributed by atoms with Crippen molar-refractivity contribution in [2.24, 2.45) is 5.73 Å². The number of carbonyl (C=O) groups is 2. The maximum absolute atomic E-state index is 12.3. The fourth-order valence-corrected chi connectivity index (χ4v) is 2.38. The van der Waals surface area contributed by atoms with Gasteiger partial charge in [-0.1, -0.05) is 9.97 Å². The molecule has 1 aliphatic rings. The van der Waals surface area contributed by atoms with Crippen LogP contribution in [0.4, 0.5) is 17.8 Å². The molecule has 0 saturated heterocycles. The van der Waals surface area contributed by atoms with E-state index in [-0.39, 0.29) is 49.6 Å². The number of hydrogen-bond donors (Lipinski definition) is 3. The van der Waals surface area contributed by atoms with E-state index in [1.54, 1.807) is 6.92 Å². The summed E-state index contributed by atoms with van der Waals surface area (Å²) in [5, 5.41) is 6.23. The van der Waals surface area contributed by atoms with Crippen molar-refractivity contribution in [1.29, 1.82) is 0 Å². The minimum absolute atomic E-state index is 0.0719. The molecule has 1 aliphatic heterocycles. The number of guanidine groups is 1.